The number of rotatable bonds is 5. The average molecular weight is 502 g/mol. The van der Waals surface area contributed by atoms with Crippen molar-refractivity contribution in [3.8, 4) is 11.3 Å². The van der Waals surface area contributed by atoms with Crippen LogP contribution in [0.4, 0.5) is 22.9 Å². The van der Waals surface area contributed by atoms with E-state index in [9.17, 15) is 10.1 Å². The highest BCUT2D eigenvalue weighted by Gasteiger charge is 2.26. The molecule has 3 aromatic carbocycles. The van der Waals surface area contributed by atoms with Crippen molar-refractivity contribution >= 4 is 40.2 Å². The van der Waals surface area contributed by atoms with E-state index in [1.165, 1.54) is 24.3 Å². The van der Waals surface area contributed by atoms with Crippen LogP contribution in [0.3, 0.4) is 0 Å². The molecule has 0 saturated carbocycles. The lowest BCUT2D eigenvalue weighted by atomic mass is 9.87. The van der Waals surface area contributed by atoms with Gasteiger partial charge in [-0.3, -0.25) is 10.1 Å². The van der Waals surface area contributed by atoms with Gasteiger partial charge in [0, 0.05) is 23.3 Å². The summed E-state index contributed by atoms with van der Waals surface area (Å²) in [7, 11) is 0. The number of aromatic nitrogens is 3. The molecule has 186 valence electrons. The lowest BCUT2D eigenvalue weighted by molar-refractivity contribution is -0.384. The largest absolute Gasteiger partial charge is 0.380 e. The molecular weight excluding hydrogens is 478 g/mol. The van der Waals surface area contributed by atoms with Crippen LogP contribution in [-0.2, 0) is 6.42 Å². The number of nitrogens with two attached hydrogens (primary N) is 1. The summed E-state index contributed by atoms with van der Waals surface area (Å²) in [6, 6.07) is 26.2. The minimum absolute atomic E-state index is 0.0158. The fraction of sp³-hybridized carbons (Fsp3) is 0.103. The smallest absolute Gasteiger partial charge is 0.269 e. The summed E-state index contributed by atoms with van der Waals surface area (Å²) < 4.78 is 1.76. The monoisotopic (exact) mass is 501 g/mol. The first-order valence-electron chi connectivity index (χ1n) is 12.3. The van der Waals surface area contributed by atoms with Gasteiger partial charge in [-0.15, -0.1) is 10.2 Å². The van der Waals surface area contributed by atoms with Gasteiger partial charge in [0.1, 0.15) is 0 Å². The molecule has 5 aromatic rings. The molecule has 0 bridgehead atoms. The van der Waals surface area contributed by atoms with Crippen LogP contribution in [0.2, 0.25) is 0 Å². The molecule has 0 fully saturated rings. The van der Waals surface area contributed by atoms with Crippen molar-refractivity contribution < 1.29 is 4.92 Å². The summed E-state index contributed by atoms with van der Waals surface area (Å²) in [5.41, 5.74) is 13.9. The highest BCUT2D eigenvalue weighted by Crippen LogP contribution is 2.40. The number of nitro groups is 1. The molecule has 6 rings (SSSR count). The maximum absolute atomic E-state index is 11.0. The number of anilines is 1. The normalized spacial score (nSPS) is 14.3. The van der Waals surface area contributed by atoms with E-state index in [-0.39, 0.29) is 11.5 Å². The van der Waals surface area contributed by atoms with Gasteiger partial charge in [-0.2, -0.15) is 5.11 Å². The molecule has 1 aliphatic carbocycles. The lowest BCUT2D eigenvalue weighted by Crippen LogP contribution is -2.11. The Morgan fingerprint density at radius 2 is 1.63 bits per heavy atom. The lowest BCUT2D eigenvalue weighted by Gasteiger charge is -2.22. The van der Waals surface area contributed by atoms with E-state index < -0.39 is 4.92 Å². The van der Waals surface area contributed by atoms with Gasteiger partial charge in [-0.25, -0.2) is 9.50 Å². The molecule has 2 aromatic heterocycles. The summed E-state index contributed by atoms with van der Waals surface area (Å²) in [6.45, 7) is 0. The van der Waals surface area contributed by atoms with Crippen molar-refractivity contribution in [2.75, 3.05) is 5.73 Å². The highest BCUT2D eigenvalue weighted by atomic mass is 16.6. The van der Waals surface area contributed by atoms with Crippen molar-refractivity contribution in [3.63, 3.8) is 0 Å². The molecule has 0 aliphatic heterocycles. The van der Waals surface area contributed by atoms with E-state index in [0.717, 1.165) is 52.9 Å². The highest BCUT2D eigenvalue weighted by molar-refractivity contribution is 5.88. The molecule has 9 nitrogen and oxygen atoms in total. The first-order valence-corrected chi connectivity index (χ1v) is 12.3. The van der Waals surface area contributed by atoms with Crippen molar-refractivity contribution in [3.05, 3.63) is 112 Å². The van der Waals surface area contributed by atoms with E-state index in [4.69, 9.17) is 10.7 Å². The first-order chi connectivity index (χ1) is 18.6. The third-order valence-corrected chi connectivity index (χ3v) is 6.55. The number of non-ortho nitro benzene ring substituents is 1. The molecule has 0 radical (unpaired) electrons. The van der Waals surface area contributed by atoms with Crippen molar-refractivity contribution in [1.29, 1.82) is 0 Å². The Kier molecular flexibility index (Phi) is 5.93. The average Bonchev–Trinajstić information content (AvgIpc) is 3.26. The third kappa shape index (κ3) is 4.30. The van der Waals surface area contributed by atoms with Gasteiger partial charge < -0.3 is 5.73 Å². The van der Waals surface area contributed by atoms with Crippen LogP contribution in [0.1, 0.15) is 29.7 Å². The molecule has 2 heterocycles. The van der Waals surface area contributed by atoms with Crippen LogP contribution in [-0.4, -0.2) is 19.5 Å². The first kappa shape index (κ1) is 23.2. The number of nitro benzene ring substituents is 1. The molecule has 9 heteroatoms. The SMILES string of the molecule is Nc1nn2c(-c3ccccc3)c3c(nc2c1N=Nc1ccc([N+](=O)[O-])cc1)/C(=C/c1ccccc1)CCC3. The van der Waals surface area contributed by atoms with Gasteiger partial charge in [0.05, 0.1) is 22.0 Å². The number of hydrogen-bond donors (Lipinski definition) is 1. The second kappa shape index (κ2) is 9.70. The number of hydrogen-bond acceptors (Lipinski definition) is 7. The Labute approximate surface area is 218 Å². The van der Waals surface area contributed by atoms with E-state index in [1.807, 2.05) is 36.4 Å². The van der Waals surface area contributed by atoms with E-state index in [2.05, 4.69) is 45.7 Å². The summed E-state index contributed by atoms with van der Waals surface area (Å²) in [6.07, 6.45) is 4.97. The standard InChI is InChI=1S/C29H23N7O2/c30-28-26(33-32-22-14-16-23(17-15-22)36(37)38)29-31-25-21(18-19-8-3-1-4-9-19)12-7-13-24(25)27(35(29)34-28)20-10-5-2-6-11-20/h1-6,8-11,14-18H,7,12-13H2,(H2,30,34)/b21-18+,33-32?. The number of nitrogen functional groups attached to an aromatic ring is 1. The van der Waals surface area contributed by atoms with Gasteiger partial charge in [-0.1, -0.05) is 60.7 Å². The molecule has 0 saturated heterocycles. The van der Waals surface area contributed by atoms with Crippen molar-refractivity contribution in [2.24, 2.45) is 10.2 Å². The number of azo groups is 1. The molecule has 0 spiro atoms. The summed E-state index contributed by atoms with van der Waals surface area (Å²) in [5.74, 6) is 0.205. The zero-order valence-corrected chi connectivity index (χ0v) is 20.4. The predicted molar refractivity (Wildman–Crippen MR) is 147 cm³/mol. The maximum atomic E-state index is 11.0. The van der Waals surface area contributed by atoms with Gasteiger partial charge >= 0.3 is 0 Å². The maximum Gasteiger partial charge on any atom is 0.269 e. The van der Waals surface area contributed by atoms with Crippen LogP contribution in [0.15, 0.2) is 95.2 Å². The van der Waals surface area contributed by atoms with Gasteiger partial charge in [0.2, 0.25) is 0 Å². The summed E-state index contributed by atoms with van der Waals surface area (Å²) >= 11 is 0. The number of nitrogens with zero attached hydrogens (tertiary/aromatic N) is 6. The summed E-state index contributed by atoms with van der Waals surface area (Å²) in [5, 5.41) is 24.3. The molecule has 1 aliphatic rings. The fourth-order valence-corrected chi connectivity index (χ4v) is 4.79. The third-order valence-electron chi connectivity index (χ3n) is 6.55. The molecule has 0 unspecified atom stereocenters. The topological polar surface area (TPSA) is 124 Å². The van der Waals surface area contributed by atoms with Gasteiger partial charge in [-0.05, 0) is 48.6 Å². The van der Waals surface area contributed by atoms with Crippen LogP contribution >= 0.6 is 0 Å². The Balaban J connectivity index is 1.55. The quantitative estimate of drug-likeness (QED) is 0.155. The van der Waals surface area contributed by atoms with Gasteiger partial charge in [0.15, 0.2) is 17.2 Å². The Morgan fingerprint density at radius 1 is 0.921 bits per heavy atom. The zero-order valence-electron chi connectivity index (χ0n) is 20.4. The predicted octanol–water partition coefficient (Wildman–Crippen LogP) is 7.18. The van der Waals surface area contributed by atoms with Gasteiger partial charge in [0.25, 0.3) is 5.69 Å². The Bertz CT molecular complexity index is 1710. The second-order valence-electron chi connectivity index (χ2n) is 9.03. The van der Waals surface area contributed by atoms with Crippen LogP contribution in [0, 0.1) is 10.1 Å². The van der Waals surface area contributed by atoms with Crippen molar-refractivity contribution in [1.82, 2.24) is 14.6 Å². The molecule has 0 atom stereocenters. The van der Waals surface area contributed by atoms with E-state index >= 15 is 0 Å². The minimum Gasteiger partial charge on any atom is -0.380 e. The Morgan fingerprint density at radius 3 is 2.34 bits per heavy atom. The Hall–Kier alpha value is -5.18. The van der Waals surface area contributed by atoms with E-state index in [1.54, 1.807) is 4.52 Å². The minimum atomic E-state index is -0.455. The van der Waals surface area contributed by atoms with E-state index in [0.29, 0.717) is 17.0 Å². The number of benzene rings is 3. The van der Waals surface area contributed by atoms with Crippen molar-refractivity contribution in [2.45, 2.75) is 19.3 Å². The van der Waals surface area contributed by atoms with Crippen LogP contribution in [0.5, 0.6) is 0 Å². The van der Waals surface area contributed by atoms with Crippen LogP contribution in [0.25, 0.3) is 28.6 Å². The van der Waals surface area contributed by atoms with Crippen LogP contribution < -0.4 is 5.73 Å². The molecule has 38 heavy (non-hydrogen) atoms. The summed E-state index contributed by atoms with van der Waals surface area (Å²) in [4.78, 5) is 15.6. The number of fused-ring (bicyclic) bond motifs is 2. The number of allylic oxidation sites excluding steroid dienone is 1. The second-order valence-corrected chi connectivity index (χ2v) is 9.03. The molecular formula is C29H23N7O2. The zero-order chi connectivity index (χ0) is 26.1. The molecule has 2 N–H and O–H groups in total. The molecule has 0 amide bonds. The fourth-order valence-electron chi connectivity index (χ4n) is 4.79.